The smallest absolute Gasteiger partial charge is 0.262 e. The first-order valence-corrected chi connectivity index (χ1v) is 13.1. The summed E-state index contributed by atoms with van der Waals surface area (Å²) >= 11 is 3.54. The molecule has 0 aromatic heterocycles. The summed E-state index contributed by atoms with van der Waals surface area (Å²) in [5, 5.41) is 6.86. The van der Waals surface area contributed by atoms with Crippen molar-refractivity contribution < 1.29 is 28.5 Å². The Hall–Kier alpha value is -4.05. The van der Waals surface area contributed by atoms with Crippen LogP contribution >= 0.6 is 15.9 Å². The van der Waals surface area contributed by atoms with E-state index in [1.54, 1.807) is 31.4 Å². The van der Waals surface area contributed by atoms with Crippen LogP contribution in [0.1, 0.15) is 40.9 Å². The molecule has 2 amide bonds. The van der Waals surface area contributed by atoms with Crippen molar-refractivity contribution in [2.45, 2.75) is 33.4 Å². The van der Waals surface area contributed by atoms with Crippen molar-refractivity contribution in [2.75, 3.05) is 13.9 Å². The van der Waals surface area contributed by atoms with Crippen LogP contribution < -0.4 is 29.7 Å². The van der Waals surface area contributed by atoms with Gasteiger partial charge in [0.05, 0.1) is 17.8 Å². The average molecular weight is 596 g/mol. The second-order valence-electron chi connectivity index (χ2n) is 9.31. The zero-order valence-corrected chi connectivity index (χ0v) is 23.7. The van der Waals surface area contributed by atoms with Gasteiger partial charge >= 0.3 is 0 Å². The maximum Gasteiger partial charge on any atom is 0.262 e. The number of carbonyl (C=O) groups is 2. The average Bonchev–Trinajstić information content (AvgIpc) is 3.39. The zero-order chi connectivity index (χ0) is 27.9. The van der Waals surface area contributed by atoms with Gasteiger partial charge in [-0.25, -0.2) is 5.43 Å². The molecule has 1 aliphatic rings. The summed E-state index contributed by atoms with van der Waals surface area (Å²) in [6, 6.07) is 15.7. The highest BCUT2D eigenvalue weighted by atomic mass is 79.9. The zero-order valence-electron chi connectivity index (χ0n) is 22.1. The third kappa shape index (κ3) is 7.08. The van der Waals surface area contributed by atoms with Crippen LogP contribution in [0.15, 0.2) is 64.2 Å². The van der Waals surface area contributed by atoms with Gasteiger partial charge in [0, 0.05) is 5.56 Å². The Bertz CT molecular complexity index is 1370. The number of methoxy groups -OCH3 is 1. The predicted octanol–water partition coefficient (Wildman–Crippen LogP) is 4.98. The van der Waals surface area contributed by atoms with E-state index in [0.29, 0.717) is 45.2 Å². The lowest BCUT2D eigenvalue weighted by molar-refractivity contribution is -0.123. The second kappa shape index (κ2) is 12.7. The van der Waals surface area contributed by atoms with Gasteiger partial charge in [-0.15, -0.1) is 0 Å². The minimum absolute atomic E-state index is 0.112. The van der Waals surface area contributed by atoms with Crippen LogP contribution in [0, 0.1) is 12.8 Å². The van der Waals surface area contributed by atoms with Crippen molar-refractivity contribution >= 4 is 34.0 Å². The minimum Gasteiger partial charge on any atom is -0.493 e. The molecule has 0 saturated heterocycles. The highest BCUT2D eigenvalue weighted by Gasteiger charge is 2.25. The third-order valence-electron chi connectivity index (χ3n) is 6.01. The molecule has 0 aliphatic carbocycles. The van der Waals surface area contributed by atoms with Crippen LogP contribution in [-0.2, 0) is 11.4 Å². The summed E-state index contributed by atoms with van der Waals surface area (Å²) < 4.78 is 22.8. The number of hydrazone groups is 1. The molecule has 1 unspecified atom stereocenters. The molecule has 204 valence electrons. The van der Waals surface area contributed by atoms with Gasteiger partial charge in [0.25, 0.3) is 11.8 Å². The fourth-order valence-corrected chi connectivity index (χ4v) is 4.41. The molecule has 39 heavy (non-hydrogen) atoms. The molecule has 1 heterocycles. The molecule has 0 saturated carbocycles. The summed E-state index contributed by atoms with van der Waals surface area (Å²) in [5.41, 5.74) is 5.77. The van der Waals surface area contributed by atoms with Gasteiger partial charge in [0.15, 0.2) is 23.0 Å². The molecule has 0 fully saturated rings. The molecule has 10 heteroatoms. The van der Waals surface area contributed by atoms with E-state index >= 15 is 0 Å². The summed E-state index contributed by atoms with van der Waals surface area (Å²) in [5.74, 6) is 1.11. The quantitative estimate of drug-likeness (QED) is 0.253. The van der Waals surface area contributed by atoms with Crippen LogP contribution in [0.2, 0.25) is 0 Å². The summed E-state index contributed by atoms with van der Waals surface area (Å²) in [7, 11) is 1.55. The Morgan fingerprint density at radius 2 is 1.82 bits per heavy atom. The van der Waals surface area contributed by atoms with Crippen molar-refractivity contribution in [3.05, 3.63) is 81.3 Å². The number of nitrogens with zero attached hydrogens (tertiary/aromatic N) is 1. The van der Waals surface area contributed by atoms with Gasteiger partial charge in [-0.1, -0.05) is 43.7 Å². The summed E-state index contributed by atoms with van der Waals surface area (Å²) in [6.07, 6.45) is 1.49. The first-order valence-electron chi connectivity index (χ1n) is 12.3. The van der Waals surface area contributed by atoms with Crippen LogP contribution in [-0.4, -0.2) is 38.0 Å². The van der Waals surface area contributed by atoms with E-state index in [-0.39, 0.29) is 12.7 Å². The van der Waals surface area contributed by atoms with Gasteiger partial charge in [0.2, 0.25) is 6.79 Å². The van der Waals surface area contributed by atoms with Gasteiger partial charge in [-0.05, 0) is 70.2 Å². The molecular weight excluding hydrogens is 566 g/mol. The lowest BCUT2D eigenvalue weighted by Crippen LogP contribution is -2.48. The van der Waals surface area contributed by atoms with E-state index < -0.39 is 17.9 Å². The number of benzene rings is 3. The van der Waals surface area contributed by atoms with Crippen LogP contribution in [0.3, 0.4) is 0 Å². The third-order valence-corrected chi connectivity index (χ3v) is 6.60. The second-order valence-corrected chi connectivity index (χ2v) is 10.2. The van der Waals surface area contributed by atoms with Crippen LogP contribution in [0.5, 0.6) is 23.0 Å². The Morgan fingerprint density at radius 3 is 2.54 bits per heavy atom. The maximum absolute atomic E-state index is 12.9. The number of hydrogen-bond acceptors (Lipinski definition) is 7. The van der Waals surface area contributed by atoms with Crippen LogP contribution in [0.25, 0.3) is 0 Å². The number of ether oxygens (including phenoxy) is 4. The van der Waals surface area contributed by atoms with Gasteiger partial charge < -0.3 is 24.3 Å². The maximum atomic E-state index is 12.9. The molecule has 3 aromatic carbocycles. The normalized spacial score (nSPS) is 12.9. The molecule has 4 rings (SSSR count). The number of rotatable bonds is 10. The van der Waals surface area contributed by atoms with Crippen molar-refractivity contribution in [3.63, 3.8) is 0 Å². The fraction of sp³-hybridized carbons (Fsp3) is 0.276. The van der Waals surface area contributed by atoms with Crippen molar-refractivity contribution in [1.82, 2.24) is 10.7 Å². The number of aryl methyl sites for hydroxylation is 1. The Kier molecular flexibility index (Phi) is 9.08. The lowest BCUT2D eigenvalue weighted by Gasteiger charge is -2.20. The molecule has 1 atom stereocenters. The molecule has 1 aliphatic heterocycles. The van der Waals surface area contributed by atoms with Crippen molar-refractivity contribution in [3.8, 4) is 23.0 Å². The van der Waals surface area contributed by atoms with E-state index in [2.05, 4.69) is 31.8 Å². The fourth-order valence-electron chi connectivity index (χ4n) is 3.83. The molecule has 3 aromatic rings. The topological polar surface area (TPSA) is 107 Å². The number of hydrogen-bond donors (Lipinski definition) is 2. The largest absolute Gasteiger partial charge is 0.493 e. The van der Waals surface area contributed by atoms with Gasteiger partial charge in [-0.3, -0.25) is 9.59 Å². The van der Waals surface area contributed by atoms with Crippen molar-refractivity contribution in [1.29, 1.82) is 0 Å². The first kappa shape index (κ1) is 28.0. The Balaban J connectivity index is 1.38. The number of fused-ring (bicyclic) bond motifs is 1. The van der Waals surface area contributed by atoms with Crippen LogP contribution in [0.4, 0.5) is 0 Å². The van der Waals surface area contributed by atoms with E-state index in [0.717, 1.165) is 5.56 Å². The monoisotopic (exact) mass is 595 g/mol. The summed E-state index contributed by atoms with van der Waals surface area (Å²) in [4.78, 5) is 25.7. The minimum atomic E-state index is -0.807. The Morgan fingerprint density at radius 1 is 1.08 bits per heavy atom. The first-order chi connectivity index (χ1) is 18.7. The molecule has 9 nitrogen and oxygen atoms in total. The Labute approximate surface area is 235 Å². The highest BCUT2D eigenvalue weighted by molar-refractivity contribution is 9.10. The van der Waals surface area contributed by atoms with Crippen molar-refractivity contribution in [2.24, 2.45) is 11.0 Å². The standard InChI is InChI=1S/C29H30BrN3O6/c1-17(2)26(32-28(34)21-9-10-23-24(13-21)39-16-38-23)29(35)33-31-14-20-11-22(30)27(25(12-20)36-4)37-15-19-7-5-18(3)6-8-19/h5-14,17,26H,15-16H2,1-4H3,(H,32,34)(H,33,35)/b31-14+. The summed E-state index contributed by atoms with van der Waals surface area (Å²) in [6.45, 7) is 6.21. The van der Waals surface area contributed by atoms with E-state index in [9.17, 15) is 9.59 Å². The van der Waals surface area contributed by atoms with E-state index in [1.807, 2.05) is 51.1 Å². The number of nitrogens with one attached hydrogen (secondary N) is 2. The molecule has 0 radical (unpaired) electrons. The lowest BCUT2D eigenvalue weighted by atomic mass is 10.0. The van der Waals surface area contributed by atoms with Gasteiger partial charge in [-0.2, -0.15) is 5.10 Å². The molecule has 0 spiro atoms. The highest BCUT2D eigenvalue weighted by Crippen LogP contribution is 2.37. The predicted molar refractivity (Wildman–Crippen MR) is 151 cm³/mol. The van der Waals surface area contributed by atoms with Gasteiger partial charge in [0.1, 0.15) is 12.6 Å². The molecule has 0 bridgehead atoms. The molecule has 2 N–H and O–H groups in total. The number of carbonyl (C=O) groups excluding carboxylic acids is 2. The molecular formula is C29H30BrN3O6. The number of halogens is 1. The number of amides is 2. The van der Waals surface area contributed by atoms with E-state index in [1.165, 1.54) is 11.8 Å². The van der Waals surface area contributed by atoms with E-state index in [4.69, 9.17) is 18.9 Å². The SMILES string of the molecule is COc1cc(/C=N/NC(=O)C(NC(=O)c2ccc3c(c2)OCO3)C(C)C)cc(Br)c1OCc1ccc(C)cc1.